The molecule has 0 heterocycles. The van der Waals surface area contributed by atoms with Crippen molar-refractivity contribution < 1.29 is 0 Å². The fourth-order valence-electron chi connectivity index (χ4n) is 2.08. The van der Waals surface area contributed by atoms with Gasteiger partial charge in [-0.1, -0.05) is 27.2 Å². The molecule has 2 N–H and O–H groups in total. The normalized spacial score (nSPS) is 16.2. The summed E-state index contributed by atoms with van der Waals surface area (Å²) < 4.78 is 0. The van der Waals surface area contributed by atoms with E-state index in [0.717, 1.165) is 19.5 Å². The lowest BCUT2D eigenvalue weighted by atomic mass is 9.89. The second kappa shape index (κ2) is 6.39. The van der Waals surface area contributed by atoms with Crippen molar-refractivity contribution in [2.75, 3.05) is 20.1 Å². The predicted molar refractivity (Wildman–Crippen MR) is 59.9 cm³/mol. The Kier molecular flexibility index (Phi) is 6.35. The lowest BCUT2D eigenvalue weighted by Crippen LogP contribution is -2.51. The summed E-state index contributed by atoms with van der Waals surface area (Å²) in [6.07, 6.45) is 4.81. The van der Waals surface area contributed by atoms with E-state index in [4.69, 9.17) is 5.73 Å². The Labute approximate surface area is 83.5 Å². The number of nitrogens with zero attached hydrogens (tertiary/aromatic N) is 1. The molecule has 0 aromatic heterocycles. The predicted octanol–water partition coefficient (Wildman–Crippen LogP) is 2.24. The molecular formula is C11H26N2. The molecule has 0 aromatic carbocycles. The smallest absolute Gasteiger partial charge is 0.0325 e. The molecule has 0 saturated carbocycles. The Balaban J connectivity index is 4.33. The van der Waals surface area contributed by atoms with E-state index < -0.39 is 0 Å². The van der Waals surface area contributed by atoms with Crippen LogP contribution in [-0.2, 0) is 0 Å². The van der Waals surface area contributed by atoms with Crippen LogP contribution in [-0.4, -0.2) is 30.6 Å². The van der Waals surface area contributed by atoms with E-state index in [1.165, 1.54) is 19.3 Å². The molecule has 0 aliphatic heterocycles. The maximum absolute atomic E-state index is 5.89. The van der Waals surface area contributed by atoms with Gasteiger partial charge in [-0.15, -0.1) is 0 Å². The third-order valence-electron chi connectivity index (χ3n) is 3.12. The molecule has 0 bridgehead atoms. The number of hydrogen-bond acceptors (Lipinski definition) is 2. The summed E-state index contributed by atoms with van der Waals surface area (Å²) in [6.45, 7) is 8.65. The first-order valence-electron chi connectivity index (χ1n) is 5.58. The van der Waals surface area contributed by atoms with Crippen molar-refractivity contribution >= 4 is 0 Å². The summed E-state index contributed by atoms with van der Waals surface area (Å²) in [4.78, 5) is 2.44. The van der Waals surface area contributed by atoms with Crippen LogP contribution in [0.4, 0.5) is 0 Å². The first-order valence-corrected chi connectivity index (χ1v) is 5.58. The molecule has 1 atom stereocenters. The summed E-state index contributed by atoms with van der Waals surface area (Å²) in [6, 6.07) is 0. The van der Waals surface area contributed by atoms with Gasteiger partial charge in [0.1, 0.15) is 0 Å². The summed E-state index contributed by atoms with van der Waals surface area (Å²) in [5.74, 6) is 0. The SMILES string of the molecule is CCCN(C)C(CC)(CN)CCC. The van der Waals surface area contributed by atoms with E-state index in [1.807, 2.05) is 0 Å². The molecular weight excluding hydrogens is 160 g/mol. The number of rotatable bonds is 7. The van der Waals surface area contributed by atoms with Crippen LogP contribution in [0.1, 0.15) is 46.5 Å². The molecule has 0 saturated heterocycles. The monoisotopic (exact) mass is 186 g/mol. The first-order chi connectivity index (χ1) is 6.16. The van der Waals surface area contributed by atoms with Crippen molar-refractivity contribution in [2.45, 2.75) is 52.0 Å². The van der Waals surface area contributed by atoms with E-state index >= 15 is 0 Å². The topological polar surface area (TPSA) is 29.3 Å². The minimum atomic E-state index is 0.255. The van der Waals surface area contributed by atoms with E-state index in [0.29, 0.717) is 0 Å². The van der Waals surface area contributed by atoms with Gasteiger partial charge in [0.25, 0.3) is 0 Å². The Bertz CT molecular complexity index is 119. The molecule has 0 aliphatic rings. The highest BCUT2D eigenvalue weighted by atomic mass is 15.2. The molecule has 0 spiro atoms. The average molecular weight is 186 g/mol. The van der Waals surface area contributed by atoms with Gasteiger partial charge in [-0.3, -0.25) is 4.90 Å². The molecule has 0 aromatic rings. The third kappa shape index (κ3) is 3.28. The fourth-order valence-corrected chi connectivity index (χ4v) is 2.08. The van der Waals surface area contributed by atoms with Crippen molar-refractivity contribution in [3.8, 4) is 0 Å². The van der Waals surface area contributed by atoms with Crippen LogP contribution in [0.15, 0.2) is 0 Å². The highest BCUT2D eigenvalue weighted by Crippen LogP contribution is 2.23. The molecule has 2 nitrogen and oxygen atoms in total. The molecule has 2 heteroatoms. The quantitative estimate of drug-likeness (QED) is 0.660. The van der Waals surface area contributed by atoms with Crippen LogP contribution in [0, 0.1) is 0 Å². The number of likely N-dealkylation sites (N-methyl/N-ethyl adjacent to an activating group) is 1. The highest BCUT2D eigenvalue weighted by molar-refractivity contribution is 4.88. The van der Waals surface area contributed by atoms with Crippen molar-refractivity contribution in [3.63, 3.8) is 0 Å². The van der Waals surface area contributed by atoms with Gasteiger partial charge in [0, 0.05) is 12.1 Å². The van der Waals surface area contributed by atoms with Crippen molar-refractivity contribution in [1.82, 2.24) is 4.90 Å². The van der Waals surface area contributed by atoms with Crippen LogP contribution in [0.25, 0.3) is 0 Å². The first kappa shape index (κ1) is 12.9. The largest absolute Gasteiger partial charge is 0.329 e. The zero-order valence-corrected chi connectivity index (χ0v) is 9.77. The molecule has 0 fully saturated rings. The van der Waals surface area contributed by atoms with Crippen LogP contribution in [0.2, 0.25) is 0 Å². The van der Waals surface area contributed by atoms with Crippen LogP contribution in [0.5, 0.6) is 0 Å². The lowest BCUT2D eigenvalue weighted by Gasteiger charge is -2.40. The fraction of sp³-hybridized carbons (Fsp3) is 1.00. The Morgan fingerprint density at radius 2 is 1.77 bits per heavy atom. The van der Waals surface area contributed by atoms with E-state index in [-0.39, 0.29) is 5.54 Å². The molecule has 1 unspecified atom stereocenters. The van der Waals surface area contributed by atoms with Crippen LogP contribution >= 0.6 is 0 Å². The minimum absolute atomic E-state index is 0.255. The third-order valence-corrected chi connectivity index (χ3v) is 3.12. The van der Waals surface area contributed by atoms with Crippen LogP contribution in [0.3, 0.4) is 0 Å². The van der Waals surface area contributed by atoms with Crippen molar-refractivity contribution in [3.05, 3.63) is 0 Å². The molecule has 80 valence electrons. The van der Waals surface area contributed by atoms with Gasteiger partial charge in [0.05, 0.1) is 0 Å². The van der Waals surface area contributed by atoms with E-state index in [1.54, 1.807) is 0 Å². The highest BCUT2D eigenvalue weighted by Gasteiger charge is 2.29. The van der Waals surface area contributed by atoms with Gasteiger partial charge in [-0.25, -0.2) is 0 Å². The number of nitrogens with two attached hydrogens (primary N) is 1. The number of hydrogen-bond donors (Lipinski definition) is 1. The second-order valence-corrected chi connectivity index (χ2v) is 3.95. The zero-order chi connectivity index (χ0) is 10.3. The van der Waals surface area contributed by atoms with E-state index in [9.17, 15) is 0 Å². The Morgan fingerprint density at radius 1 is 1.15 bits per heavy atom. The second-order valence-electron chi connectivity index (χ2n) is 3.95. The summed E-state index contributed by atoms with van der Waals surface area (Å²) in [7, 11) is 2.20. The Morgan fingerprint density at radius 3 is 2.08 bits per heavy atom. The van der Waals surface area contributed by atoms with Gasteiger partial charge in [-0.05, 0) is 32.9 Å². The minimum Gasteiger partial charge on any atom is -0.329 e. The maximum Gasteiger partial charge on any atom is 0.0325 e. The van der Waals surface area contributed by atoms with Gasteiger partial charge in [-0.2, -0.15) is 0 Å². The molecule has 0 amide bonds. The van der Waals surface area contributed by atoms with Crippen LogP contribution < -0.4 is 5.73 Å². The molecule has 0 rings (SSSR count). The maximum atomic E-state index is 5.89. The average Bonchev–Trinajstić information content (AvgIpc) is 2.14. The van der Waals surface area contributed by atoms with E-state index in [2.05, 4.69) is 32.7 Å². The summed E-state index contributed by atoms with van der Waals surface area (Å²) >= 11 is 0. The van der Waals surface area contributed by atoms with Gasteiger partial charge < -0.3 is 5.73 Å². The zero-order valence-electron chi connectivity index (χ0n) is 9.77. The molecule has 13 heavy (non-hydrogen) atoms. The summed E-state index contributed by atoms with van der Waals surface area (Å²) in [5, 5.41) is 0. The standard InChI is InChI=1S/C11H26N2/c1-5-8-11(7-3,10-12)13(4)9-6-2/h5-10,12H2,1-4H3. The molecule has 0 radical (unpaired) electrons. The van der Waals surface area contributed by atoms with Gasteiger partial charge >= 0.3 is 0 Å². The summed E-state index contributed by atoms with van der Waals surface area (Å²) in [5.41, 5.74) is 6.15. The van der Waals surface area contributed by atoms with Gasteiger partial charge in [0.15, 0.2) is 0 Å². The Hall–Kier alpha value is -0.0800. The van der Waals surface area contributed by atoms with Crippen molar-refractivity contribution in [1.29, 1.82) is 0 Å². The molecule has 0 aliphatic carbocycles. The lowest BCUT2D eigenvalue weighted by molar-refractivity contribution is 0.109. The van der Waals surface area contributed by atoms with Gasteiger partial charge in [0.2, 0.25) is 0 Å². The van der Waals surface area contributed by atoms with Crippen molar-refractivity contribution in [2.24, 2.45) is 5.73 Å².